The number of carbonyl (C=O) groups is 3. The molecule has 2 N–H and O–H groups in total. The molecular weight excluding hydrogens is 382 g/mol. The van der Waals surface area contributed by atoms with E-state index in [-0.39, 0.29) is 29.6 Å². The van der Waals surface area contributed by atoms with Crippen molar-refractivity contribution < 1.29 is 24.2 Å². The van der Waals surface area contributed by atoms with Crippen molar-refractivity contribution in [2.24, 2.45) is 11.8 Å². The Morgan fingerprint density at radius 2 is 1.90 bits per heavy atom. The highest BCUT2D eigenvalue weighted by molar-refractivity contribution is 5.86. The first-order chi connectivity index (χ1) is 14.2. The van der Waals surface area contributed by atoms with Gasteiger partial charge in [-0.3, -0.25) is 9.59 Å². The minimum Gasteiger partial charge on any atom is -0.467 e. The molecule has 0 aromatic carbocycles. The number of methoxy groups -OCH3 is 1. The molecule has 0 aromatic heterocycles. The molecule has 172 valence electrons. The maximum Gasteiger partial charge on any atom is 0.337 e. The SMILES string of the molecule is CCCCCCC=C[C@H]1[C@H](NC(C)=O)CC(=O)[C@@H]1CCCCCC(C)(O)C(=O)OC. The molecule has 0 aromatic rings. The number of rotatable bonds is 14. The number of carbonyl (C=O) groups excluding carboxylic acids is 3. The second-order valence-electron chi connectivity index (χ2n) is 8.80. The van der Waals surface area contributed by atoms with E-state index < -0.39 is 11.6 Å². The summed E-state index contributed by atoms with van der Waals surface area (Å²) in [5.41, 5.74) is -1.46. The molecule has 0 spiro atoms. The smallest absolute Gasteiger partial charge is 0.337 e. The molecule has 6 nitrogen and oxygen atoms in total. The Morgan fingerprint density at radius 1 is 1.20 bits per heavy atom. The van der Waals surface area contributed by atoms with Crippen LogP contribution in [0.1, 0.15) is 91.4 Å². The Morgan fingerprint density at radius 3 is 2.53 bits per heavy atom. The number of esters is 1. The number of allylic oxidation sites excluding steroid dienone is 1. The molecule has 1 aliphatic carbocycles. The molecule has 0 aliphatic heterocycles. The standard InChI is InChI=1S/C24H41NO5/c1-5-6-7-8-9-11-14-19-20(22(27)17-21(19)25-18(2)26)15-12-10-13-16-24(3,29)23(28)30-4/h11,14,19-21,29H,5-10,12-13,15-17H2,1-4H3,(H,25,26)/t19-,20-,21-,24?/m1/s1. The highest BCUT2D eigenvalue weighted by Gasteiger charge is 2.40. The van der Waals surface area contributed by atoms with Crippen LogP contribution in [0.3, 0.4) is 0 Å². The predicted molar refractivity (Wildman–Crippen MR) is 118 cm³/mol. The molecular formula is C24H41NO5. The van der Waals surface area contributed by atoms with Crippen LogP contribution in [0.2, 0.25) is 0 Å². The third kappa shape index (κ3) is 8.99. The van der Waals surface area contributed by atoms with Crippen LogP contribution in [-0.4, -0.2) is 41.5 Å². The van der Waals surface area contributed by atoms with Gasteiger partial charge in [0.1, 0.15) is 5.78 Å². The van der Waals surface area contributed by atoms with Gasteiger partial charge in [0, 0.05) is 31.2 Å². The second-order valence-corrected chi connectivity index (χ2v) is 8.80. The van der Waals surface area contributed by atoms with Crippen LogP contribution in [0.4, 0.5) is 0 Å². The zero-order valence-electron chi connectivity index (χ0n) is 19.2. The Bertz CT molecular complexity index is 584. The van der Waals surface area contributed by atoms with Crippen LogP contribution in [0.25, 0.3) is 0 Å². The first kappa shape index (κ1) is 26.3. The van der Waals surface area contributed by atoms with E-state index in [2.05, 4.69) is 29.1 Å². The summed E-state index contributed by atoms with van der Waals surface area (Å²) >= 11 is 0. The number of Topliss-reactive ketones (excluding diaryl/α,β-unsaturated/α-hetero) is 1. The molecule has 0 heterocycles. The van der Waals surface area contributed by atoms with Gasteiger partial charge in [-0.05, 0) is 39.0 Å². The van der Waals surface area contributed by atoms with Crippen LogP contribution in [0.5, 0.6) is 0 Å². The normalized spacial score (nSPS) is 23.5. The van der Waals surface area contributed by atoms with E-state index in [0.29, 0.717) is 19.3 Å². The fraction of sp³-hybridized carbons (Fsp3) is 0.792. The number of hydrogen-bond acceptors (Lipinski definition) is 5. The van der Waals surface area contributed by atoms with E-state index in [1.165, 1.54) is 40.2 Å². The zero-order chi connectivity index (χ0) is 22.6. The lowest BCUT2D eigenvalue weighted by atomic mass is 9.87. The van der Waals surface area contributed by atoms with Gasteiger partial charge in [0.15, 0.2) is 5.60 Å². The number of nitrogens with one attached hydrogen (secondary N) is 1. The molecule has 4 atom stereocenters. The number of amides is 1. The van der Waals surface area contributed by atoms with Crippen molar-refractivity contribution in [1.29, 1.82) is 0 Å². The third-order valence-corrected chi connectivity index (χ3v) is 6.04. The molecule has 1 fully saturated rings. The predicted octanol–water partition coefficient (Wildman–Crippen LogP) is 4.10. The van der Waals surface area contributed by atoms with Gasteiger partial charge < -0.3 is 15.2 Å². The molecule has 30 heavy (non-hydrogen) atoms. The highest BCUT2D eigenvalue weighted by Crippen LogP contribution is 2.34. The topological polar surface area (TPSA) is 92.7 Å². The molecule has 1 aliphatic rings. The summed E-state index contributed by atoms with van der Waals surface area (Å²) in [5, 5.41) is 13.1. The van der Waals surface area contributed by atoms with E-state index in [9.17, 15) is 19.5 Å². The van der Waals surface area contributed by atoms with E-state index in [4.69, 9.17) is 0 Å². The molecule has 0 radical (unpaired) electrons. The lowest BCUT2D eigenvalue weighted by Crippen LogP contribution is -2.36. The van der Waals surface area contributed by atoms with E-state index in [0.717, 1.165) is 32.1 Å². The van der Waals surface area contributed by atoms with Gasteiger partial charge in [-0.15, -0.1) is 0 Å². The molecule has 0 saturated heterocycles. The number of aliphatic hydroxyl groups is 1. The average molecular weight is 424 g/mol. The summed E-state index contributed by atoms with van der Waals surface area (Å²) in [6, 6.07) is -0.119. The van der Waals surface area contributed by atoms with Crippen molar-refractivity contribution in [2.45, 2.75) is 103 Å². The first-order valence-electron chi connectivity index (χ1n) is 11.5. The quantitative estimate of drug-likeness (QED) is 0.249. The number of unbranched alkanes of at least 4 members (excludes halogenated alkanes) is 6. The molecule has 1 amide bonds. The summed E-state index contributed by atoms with van der Waals surface area (Å²) < 4.78 is 4.62. The largest absolute Gasteiger partial charge is 0.467 e. The molecule has 0 bridgehead atoms. The fourth-order valence-corrected chi connectivity index (χ4v) is 4.30. The summed E-state index contributed by atoms with van der Waals surface area (Å²) in [6.07, 6.45) is 14.0. The van der Waals surface area contributed by atoms with Crippen LogP contribution >= 0.6 is 0 Å². The van der Waals surface area contributed by atoms with Crippen molar-refractivity contribution in [3.8, 4) is 0 Å². The van der Waals surface area contributed by atoms with Crippen LogP contribution in [0, 0.1) is 11.8 Å². The molecule has 1 unspecified atom stereocenters. The highest BCUT2D eigenvalue weighted by atomic mass is 16.5. The van der Waals surface area contributed by atoms with Crippen molar-refractivity contribution in [1.82, 2.24) is 5.32 Å². The summed E-state index contributed by atoms with van der Waals surface area (Å²) in [6.45, 7) is 5.16. The Balaban J connectivity index is 2.56. The Labute approximate surface area is 181 Å². The van der Waals surface area contributed by atoms with Crippen molar-refractivity contribution in [2.75, 3.05) is 7.11 Å². The monoisotopic (exact) mass is 423 g/mol. The van der Waals surface area contributed by atoms with E-state index in [1.807, 2.05) is 0 Å². The second kappa shape index (κ2) is 13.6. The lowest BCUT2D eigenvalue weighted by Gasteiger charge is -2.22. The van der Waals surface area contributed by atoms with E-state index in [1.54, 1.807) is 0 Å². The van der Waals surface area contributed by atoms with Crippen LogP contribution in [-0.2, 0) is 19.1 Å². The molecule has 6 heteroatoms. The van der Waals surface area contributed by atoms with Gasteiger partial charge in [-0.1, -0.05) is 51.2 Å². The summed E-state index contributed by atoms with van der Waals surface area (Å²) in [7, 11) is 1.27. The first-order valence-corrected chi connectivity index (χ1v) is 11.5. The van der Waals surface area contributed by atoms with Crippen LogP contribution in [0.15, 0.2) is 12.2 Å². The fourth-order valence-electron chi connectivity index (χ4n) is 4.30. The number of ketones is 1. The minimum atomic E-state index is -1.46. The number of ether oxygens (including phenoxy) is 1. The molecule has 1 rings (SSSR count). The van der Waals surface area contributed by atoms with Gasteiger partial charge in [0.25, 0.3) is 0 Å². The zero-order valence-corrected chi connectivity index (χ0v) is 19.2. The minimum absolute atomic E-state index is 0.0470. The number of hydrogen-bond donors (Lipinski definition) is 2. The van der Waals surface area contributed by atoms with Gasteiger partial charge in [-0.2, -0.15) is 0 Å². The van der Waals surface area contributed by atoms with Crippen molar-refractivity contribution in [3.63, 3.8) is 0 Å². The van der Waals surface area contributed by atoms with E-state index >= 15 is 0 Å². The lowest BCUT2D eigenvalue weighted by molar-refractivity contribution is -0.161. The average Bonchev–Trinajstić information content (AvgIpc) is 2.97. The van der Waals surface area contributed by atoms with Gasteiger partial charge in [0.05, 0.1) is 7.11 Å². The Hall–Kier alpha value is -1.69. The van der Waals surface area contributed by atoms with Gasteiger partial charge in [-0.25, -0.2) is 4.79 Å². The van der Waals surface area contributed by atoms with Crippen LogP contribution < -0.4 is 5.32 Å². The maximum absolute atomic E-state index is 12.6. The summed E-state index contributed by atoms with van der Waals surface area (Å²) in [5.74, 6) is -0.521. The summed E-state index contributed by atoms with van der Waals surface area (Å²) in [4.78, 5) is 35.7. The van der Waals surface area contributed by atoms with Gasteiger partial charge >= 0.3 is 5.97 Å². The van der Waals surface area contributed by atoms with Gasteiger partial charge in [0.2, 0.25) is 5.91 Å². The van der Waals surface area contributed by atoms with Crippen molar-refractivity contribution >= 4 is 17.7 Å². The van der Waals surface area contributed by atoms with Crippen molar-refractivity contribution in [3.05, 3.63) is 12.2 Å². The molecule has 1 saturated carbocycles. The maximum atomic E-state index is 12.6. The Kier molecular flexibility index (Phi) is 11.9. The third-order valence-electron chi connectivity index (χ3n) is 6.04.